The number of aromatic nitrogens is 1. The summed E-state index contributed by atoms with van der Waals surface area (Å²) < 4.78 is 0. The Balaban J connectivity index is 1.42. The van der Waals surface area contributed by atoms with E-state index in [1.807, 2.05) is 12.1 Å². The van der Waals surface area contributed by atoms with Gasteiger partial charge in [-0.1, -0.05) is 36.6 Å². The number of halogens is 1. The first kappa shape index (κ1) is 22.3. The fourth-order valence-corrected chi connectivity index (χ4v) is 4.44. The number of carbonyl (C=O) groups is 3. The van der Waals surface area contributed by atoms with Gasteiger partial charge >= 0.3 is 0 Å². The van der Waals surface area contributed by atoms with Gasteiger partial charge in [0.15, 0.2) is 0 Å². The van der Waals surface area contributed by atoms with Crippen LogP contribution in [0.4, 0.5) is 0 Å². The van der Waals surface area contributed by atoms with Crippen LogP contribution in [0, 0.1) is 17.2 Å². The van der Waals surface area contributed by atoms with E-state index in [4.69, 9.17) is 17.0 Å². The highest BCUT2D eigenvalue weighted by Gasteiger charge is 2.32. The Morgan fingerprint density at radius 1 is 1.22 bits per heavy atom. The summed E-state index contributed by atoms with van der Waals surface area (Å²) >= 11 is 6.20. The molecule has 0 bridgehead atoms. The van der Waals surface area contributed by atoms with E-state index in [9.17, 15) is 14.4 Å². The lowest BCUT2D eigenvalue weighted by atomic mass is 9.91. The average molecular weight is 458 g/mol. The van der Waals surface area contributed by atoms with Crippen molar-refractivity contribution in [1.82, 2.24) is 20.9 Å². The summed E-state index contributed by atoms with van der Waals surface area (Å²) in [5, 5.41) is 17.6. The van der Waals surface area contributed by atoms with Gasteiger partial charge in [0.25, 0.3) is 5.91 Å². The molecule has 4 rings (SSSR count). The van der Waals surface area contributed by atoms with Crippen LogP contribution in [-0.4, -0.2) is 47.5 Å². The predicted octanol–water partition coefficient (Wildman–Crippen LogP) is 2.77. The molecule has 9 heteroatoms. The molecule has 1 saturated carbocycles. The van der Waals surface area contributed by atoms with Crippen molar-refractivity contribution >= 4 is 46.4 Å². The average Bonchev–Trinajstić information content (AvgIpc) is 3.48. The van der Waals surface area contributed by atoms with Gasteiger partial charge in [-0.15, -0.1) is 0 Å². The number of amides is 3. The molecule has 5 N–H and O–H groups in total. The van der Waals surface area contributed by atoms with Crippen molar-refractivity contribution in [3.63, 3.8) is 0 Å². The summed E-state index contributed by atoms with van der Waals surface area (Å²) in [6, 6.07) is 5.87. The lowest BCUT2D eigenvalue weighted by molar-refractivity contribution is -0.128. The number of H-pyrrole nitrogens is 1. The largest absolute Gasteiger partial charge is 0.356 e. The molecule has 170 valence electrons. The third kappa shape index (κ3) is 5.30. The smallest absolute Gasteiger partial charge is 0.268 e. The van der Waals surface area contributed by atoms with Gasteiger partial charge in [0.2, 0.25) is 11.8 Å². The Morgan fingerprint density at radius 3 is 2.72 bits per heavy atom. The van der Waals surface area contributed by atoms with E-state index in [1.165, 1.54) is 0 Å². The third-order valence-corrected chi connectivity index (χ3v) is 6.52. The van der Waals surface area contributed by atoms with E-state index in [-0.39, 0.29) is 23.6 Å². The Morgan fingerprint density at radius 2 is 2.03 bits per heavy atom. The van der Waals surface area contributed by atoms with E-state index >= 15 is 0 Å². The SMILES string of the molecule is N=C[C@H](C[C@@H]1CCCNC1=O)NC(=O)[C@H](CC1CC1)NC(=O)c1cc2cccc(Cl)c2[nH]1. The Kier molecular flexibility index (Phi) is 6.79. The van der Waals surface area contributed by atoms with Gasteiger partial charge in [0.05, 0.1) is 16.6 Å². The molecule has 1 aromatic carbocycles. The predicted molar refractivity (Wildman–Crippen MR) is 123 cm³/mol. The lowest BCUT2D eigenvalue weighted by Crippen LogP contribution is -2.51. The van der Waals surface area contributed by atoms with E-state index in [1.54, 1.807) is 12.1 Å². The van der Waals surface area contributed by atoms with Gasteiger partial charge in [0.1, 0.15) is 11.7 Å². The second-order valence-corrected chi connectivity index (χ2v) is 9.15. The molecular weight excluding hydrogens is 430 g/mol. The molecule has 3 amide bonds. The molecule has 1 saturated heterocycles. The Hall–Kier alpha value is -2.87. The topological polar surface area (TPSA) is 127 Å². The number of carbonyl (C=O) groups excluding carboxylic acids is 3. The van der Waals surface area contributed by atoms with Crippen molar-refractivity contribution in [2.24, 2.45) is 11.8 Å². The molecule has 0 radical (unpaired) electrons. The minimum Gasteiger partial charge on any atom is -0.356 e. The highest BCUT2D eigenvalue weighted by atomic mass is 35.5. The number of nitrogens with one attached hydrogen (secondary N) is 5. The van der Waals surface area contributed by atoms with Crippen molar-refractivity contribution in [1.29, 1.82) is 5.41 Å². The van der Waals surface area contributed by atoms with E-state index < -0.39 is 12.1 Å². The molecule has 2 aliphatic rings. The molecule has 0 unspecified atom stereocenters. The fraction of sp³-hybridized carbons (Fsp3) is 0.478. The van der Waals surface area contributed by atoms with Crippen LogP contribution in [0.25, 0.3) is 10.9 Å². The van der Waals surface area contributed by atoms with Gasteiger partial charge in [-0.05, 0) is 43.7 Å². The van der Waals surface area contributed by atoms with Crippen LogP contribution >= 0.6 is 11.6 Å². The van der Waals surface area contributed by atoms with Crippen molar-refractivity contribution in [3.8, 4) is 0 Å². The van der Waals surface area contributed by atoms with Gasteiger partial charge in [-0.2, -0.15) is 0 Å². The zero-order valence-electron chi connectivity index (χ0n) is 17.7. The van der Waals surface area contributed by atoms with E-state index in [0.29, 0.717) is 41.5 Å². The van der Waals surface area contributed by atoms with Gasteiger partial charge < -0.3 is 26.3 Å². The summed E-state index contributed by atoms with van der Waals surface area (Å²) in [7, 11) is 0. The quantitative estimate of drug-likeness (QED) is 0.371. The van der Waals surface area contributed by atoms with E-state index in [0.717, 1.165) is 37.3 Å². The first-order valence-electron chi connectivity index (χ1n) is 11.1. The van der Waals surface area contributed by atoms with Crippen LogP contribution in [-0.2, 0) is 9.59 Å². The normalized spacial score (nSPS) is 20.3. The van der Waals surface area contributed by atoms with Crippen LogP contribution in [0.3, 0.4) is 0 Å². The monoisotopic (exact) mass is 457 g/mol. The molecule has 2 aromatic rings. The number of rotatable bonds is 9. The first-order chi connectivity index (χ1) is 15.4. The third-order valence-electron chi connectivity index (χ3n) is 6.20. The van der Waals surface area contributed by atoms with Gasteiger partial charge in [0, 0.05) is 24.1 Å². The highest BCUT2D eigenvalue weighted by Crippen LogP contribution is 2.33. The first-order valence-corrected chi connectivity index (χ1v) is 11.5. The number of aromatic amines is 1. The molecule has 2 heterocycles. The zero-order valence-corrected chi connectivity index (χ0v) is 18.5. The Bertz CT molecular complexity index is 1030. The summed E-state index contributed by atoms with van der Waals surface area (Å²) in [5.41, 5.74) is 1.02. The maximum absolute atomic E-state index is 13.0. The van der Waals surface area contributed by atoms with Gasteiger partial charge in [-0.3, -0.25) is 14.4 Å². The summed E-state index contributed by atoms with van der Waals surface area (Å²) in [6.45, 7) is 0.672. The van der Waals surface area contributed by atoms with Crippen molar-refractivity contribution in [2.45, 2.75) is 50.6 Å². The van der Waals surface area contributed by atoms with Crippen molar-refractivity contribution in [3.05, 3.63) is 35.0 Å². The molecule has 0 spiro atoms. The summed E-state index contributed by atoms with van der Waals surface area (Å²) in [6.07, 6.45) is 5.81. The zero-order chi connectivity index (χ0) is 22.7. The summed E-state index contributed by atoms with van der Waals surface area (Å²) in [5.74, 6) is -0.549. The number of piperidine rings is 1. The molecule has 1 aliphatic carbocycles. The molecule has 8 nitrogen and oxygen atoms in total. The Labute approximate surface area is 191 Å². The lowest BCUT2D eigenvalue weighted by Gasteiger charge is -2.26. The molecule has 32 heavy (non-hydrogen) atoms. The number of para-hydroxylation sites is 1. The number of hydrogen-bond donors (Lipinski definition) is 5. The minimum atomic E-state index is -0.709. The fourth-order valence-electron chi connectivity index (χ4n) is 4.21. The van der Waals surface area contributed by atoms with Crippen LogP contribution < -0.4 is 16.0 Å². The van der Waals surface area contributed by atoms with Crippen LogP contribution in [0.1, 0.15) is 49.0 Å². The van der Waals surface area contributed by atoms with E-state index in [2.05, 4.69) is 20.9 Å². The molecule has 1 aliphatic heterocycles. The number of hydrogen-bond acceptors (Lipinski definition) is 4. The van der Waals surface area contributed by atoms with Crippen molar-refractivity contribution < 1.29 is 14.4 Å². The molecule has 3 atom stereocenters. The molecular formula is C23H28ClN5O3. The van der Waals surface area contributed by atoms with Crippen LogP contribution in [0.2, 0.25) is 5.02 Å². The van der Waals surface area contributed by atoms with Gasteiger partial charge in [-0.25, -0.2) is 0 Å². The maximum atomic E-state index is 13.0. The standard InChI is InChI=1S/C23H28ClN5O3/c24-17-5-1-3-14-11-19(28-20(14)17)23(32)29-18(9-13-6-7-13)22(31)27-16(12-25)10-15-4-2-8-26-21(15)30/h1,3,5,11-13,15-16,18,25,28H,2,4,6-10H2,(H,26,30)(H,27,31)(H,29,32)/t15-,16-,18-/m0/s1. The minimum absolute atomic E-state index is 0.0299. The number of fused-ring (bicyclic) bond motifs is 1. The molecule has 2 fully saturated rings. The molecule has 1 aromatic heterocycles. The number of benzene rings is 1. The van der Waals surface area contributed by atoms with Crippen LogP contribution in [0.15, 0.2) is 24.3 Å². The maximum Gasteiger partial charge on any atom is 0.268 e. The summed E-state index contributed by atoms with van der Waals surface area (Å²) in [4.78, 5) is 41.0. The second kappa shape index (κ2) is 9.73. The highest BCUT2D eigenvalue weighted by molar-refractivity contribution is 6.35. The van der Waals surface area contributed by atoms with Crippen molar-refractivity contribution in [2.75, 3.05) is 6.54 Å². The van der Waals surface area contributed by atoms with Crippen LogP contribution in [0.5, 0.6) is 0 Å². The second-order valence-electron chi connectivity index (χ2n) is 8.74.